The lowest BCUT2D eigenvalue weighted by molar-refractivity contribution is -0.132. The van der Waals surface area contributed by atoms with Gasteiger partial charge in [-0.2, -0.15) is 0 Å². The molecular weight excluding hydrogens is 168 g/mol. The van der Waals surface area contributed by atoms with Crippen LogP contribution in [-0.4, -0.2) is 17.7 Å². The van der Waals surface area contributed by atoms with Crippen LogP contribution in [0.3, 0.4) is 0 Å². The summed E-state index contributed by atoms with van der Waals surface area (Å²) >= 11 is 4.69. The standard InChI is InChI=1S/C5H8O2.C2H5ClO/c1-3-4(2)5(6)7;1-2-4-3/h2-3H2,1H3,(H,6,7);2H2,1H3. The molecule has 11 heavy (non-hydrogen) atoms. The molecule has 0 atom stereocenters. The molecule has 0 saturated carbocycles. The number of carboxylic acids is 1. The maximum absolute atomic E-state index is 9.83. The molecule has 0 unspecified atom stereocenters. The van der Waals surface area contributed by atoms with Crippen molar-refractivity contribution in [3.8, 4) is 0 Å². The Morgan fingerprint density at radius 3 is 2.00 bits per heavy atom. The van der Waals surface area contributed by atoms with E-state index in [1.807, 2.05) is 6.92 Å². The van der Waals surface area contributed by atoms with E-state index in [0.717, 1.165) is 0 Å². The van der Waals surface area contributed by atoms with Gasteiger partial charge in [0.2, 0.25) is 0 Å². The molecule has 0 bridgehead atoms. The van der Waals surface area contributed by atoms with E-state index in [-0.39, 0.29) is 5.57 Å². The van der Waals surface area contributed by atoms with E-state index in [1.54, 1.807) is 6.92 Å². The minimum absolute atomic E-state index is 0.264. The number of hydrogen-bond donors (Lipinski definition) is 1. The van der Waals surface area contributed by atoms with Gasteiger partial charge in [0.1, 0.15) is 0 Å². The van der Waals surface area contributed by atoms with Crippen molar-refractivity contribution in [1.82, 2.24) is 0 Å². The summed E-state index contributed by atoms with van der Waals surface area (Å²) in [5.41, 5.74) is 0.264. The molecule has 0 aromatic rings. The highest BCUT2D eigenvalue weighted by Gasteiger charge is 1.96. The lowest BCUT2D eigenvalue weighted by Crippen LogP contribution is -1.95. The number of halogens is 1. The van der Waals surface area contributed by atoms with Crippen LogP contribution in [0.5, 0.6) is 0 Å². The zero-order valence-corrected chi connectivity index (χ0v) is 7.52. The summed E-state index contributed by atoms with van der Waals surface area (Å²) < 4.78 is 4.01. The molecule has 66 valence electrons. The maximum Gasteiger partial charge on any atom is 0.330 e. The molecule has 0 rings (SSSR count). The van der Waals surface area contributed by atoms with Gasteiger partial charge in [0.05, 0.1) is 18.5 Å². The highest BCUT2D eigenvalue weighted by Crippen LogP contribution is 1.93. The zero-order chi connectivity index (χ0) is 9.28. The number of rotatable bonds is 3. The number of aliphatic carboxylic acids is 1. The Kier molecular flexibility index (Phi) is 11.2. The first-order valence-electron chi connectivity index (χ1n) is 3.24. The molecule has 0 heterocycles. The predicted octanol–water partition coefficient (Wildman–Crippen LogP) is 2.21. The third-order valence-corrected chi connectivity index (χ3v) is 1.06. The molecular formula is C7H13ClO3. The van der Waals surface area contributed by atoms with Crippen molar-refractivity contribution in [3.05, 3.63) is 12.2 Å². The van der Waals surface area contributed by atoms with E-state index in [9.17, 15) is 4.79 Å². The van der Waals surface area contributed by atoms with Gasteiger partial charge >= 0.3 is 5.97 Å². The van der Waals surface area contributed by atoms with E-state index in [4.69, 9.17) is 5.11 Å². The lowest BCUT2D eigenvalue weighted by atomic mass is 10.2. The first kappa shape index (κ1) is 13.1. The second-order valence-corrected chi connectivity index (χ2v) is 1.88. The molecule has 0 aliphatic heterocycles. The molecule has 0 aromatic heterocycles. The van der Waals surface area contributed by atoms with Crippen LogP contribution in [-0.2, 0) is 9.08 Å². The van der Waals surface area contributed by atoms with Crippen LogP contribution in [0.4, 0.5) is 0 Å². The molecule has 0 aromatic carbocycles. The quantitative estimate of drug-likeness (QED) is 0.678. The van der Waals surface area contributed by atoms with Gasteiger partial charge in [-0.3, -0.25) is 4.29 Å². The number of carbonyl (C=O) groups is 1. The molecule has 0 aliphatic rings. The maximum atomic E-state index is 9.83. The van der Waals surface area contributed by atoms with E-state index in [1.165, 1.54) is 0 Å². The highest BCUT2D eigenvalue weighted by atomic mass is 35.5. The van der Waals surface area contributed by atoms with Crippen LogP contribution in [0.25, 0.3) is 0 Å². The number of carboxylic acid groups (broad SMARTS) is 1. The second kappa shape index (κ2) is 9.46. The Bertz CT molecular complexity index is 121. The van der Waals surface area contributed by atoms with Crippen LogP contribution in [0.15, 0.2) is 12.2 Å². The summed E-state index contributed by atoms with van der Waals surface area (Å²) in [7, 11) is 0. The van der Waals surface area contributed by atoms with Crippen molar-refractivity contribution in [1.29, 1.82) is 0 Å². The van der Waals surface area contributed by atoms with Gasteiger partial charge in [0.15, 0.2) is 0 Å². The van der Waals surface area contributed by atoms with Crippen molar-refractivity contribution < 1.29 is 14.2 Å². The van der Waals surface area contributed by atoms with Crippen LogP contribution >= 0.6 is 11.9 Å². The van der Waals surface area contributed by atoms with Crippen molar-refractivity contribution in [2.24, 2.45) is 0 Å². The fourth-order valence-electron chi connectivity index (χ4n) is 0.151. The van der Waals surface area contributed by atoms with Crippen LogP contribution in [0, 0.1) is 0 Å². The average molecular weight is 181 g/mol. The molecule has 1 N–H and O–H groups in total. The minimum atomic E-state index is -0.900. The molecule has 0 amide bonds. The number of hydrogen-bond acceptors (Lipinski definition) is 2. The van der Waals surface area contributed by atoms with Gasteiger partial charge in [-0.05, 0) is 13.3 Å². The van der Waals surface area contributed by atoms with E-state index in [0.29, 0.717) is 13.0 Å². The Morgan fingerprint density at radius 2 is 2.00 bits per heavy atom. The van der Waals surface area contributed by atoms with E-state index in [2.05, 4.69) is 22.7 Å². The molecule has 0 radical (unpaired) electrons. The minimum Gasteiger partial charge on any atom is -0.478 e. The van der Waals surface area contributed by atoms with Gasteiger partial charge in [-0.15, -0.1) is 0 Å². The first-order valence-corrected chi connectivity index (χ1v) is 3.55. The molecule has 0 spiro atoms. The Balaban J connectivity index is 0. The SMILES string of the molecule is C=C(CC)C(=O)O.CCOCl. The second-order valence-electron chi connectivity index (χ2n) is 1.66. The van der Waals surface area contributed by atoms with E-state index >= 15 is 0 Å². The Labute approximate surface area is 71.8 Å². The average Bonchev–Trinajstić information content (AvgIpc) is 2.03. The third-order valence-electron chi connectivity index (χ3n) is 0.838. The van der Waals surface area contributed by atoms with Crippen molar-refractivity contribution in [2.45, 2.75) is 20.3 Å². The summed E-state index contributed by atoms with van der Waals surface area (Å²) in [6.07, 6.45) is 0.523. The molecule has 0 saturated heterocycles. The molecule has 4 heteroatoms. The van der Waals surface area contributed by atoms with Crippen LogP contribution < -0.4 is 0 Å². The summed E-state index contributed by atoms with van der Waals surface area (Å²) in [5.74, 6) is -0.900. The van der Waals surface area contributed by atoms with Gasteiger partial charge in [0.25, 0.3) is 0 Å². The van der Waals surface area contributed by atoms with Gasteiger partial charge < -0.3 is 5.11 Å². The fourth-order valence-corrected chi connectivity index (χ4v) is 0.151. The molecule has 0 fully saturated rings. The summed E-state index contributed by atoms with van der Waals surface area (Å²) in [4.78, 5) is 9.83. The third kappa shape index (κ3) is 12.6. The predicted molar refractivity (Wildman–Crippen MR) is 44.5 cm³/mol. The van der Waals surface area contributed by atoms with Gasteiger partial charge in [0, 0.05) is 5.57 Å². The van der Waals surface area contributed by atoms with Gasteiger partial charge in [-0.25, -0.2) is 4.79 Å². The smallest absolute Gasteiger partial charge is 0.330 e. The zero-order valence-electron chi connectivity index (χ0n) is 6.76. The normalized spacial score (nSPS) is 7.91. The topological polar surface area (TPSA) is 46.5 Å². The van der Waals surface area contributed by atoms with E-state index < -0.39 is 5.97 Å². The van der Waals surface area contributed by atoms with Crippen molar-refractivity contribution >= 4 is 17.8 Å². The molecule has 3 nitrogen and oxygen atoms in total. The van der Waals surface area contributed by atoms with Crippen molar-refractivity contribution in [2.75, 3.05) is 6.61 Å². The fraction of sp³-hybridized carbons (Fsp3) is 0.571. The monoisotopic (exact) mass is 180 g/mol. The Hall–Kier alpha value is -0.540. The largest absolute Gasteiger partial charge is 0.478 e. The van der Waals surface area contributed by atoms with Gasteiger partial charge in [-0.1, -0.05) is 13.5 Å². The van der Waals surface area contributed by atoms with Crippen molar-refractivity contribution in [3.63, 3.8) is 0 Å². The van der Waals surface area contributed by atoms with Crippen LogP contribution in [0.2, 0.25) is 0 Å². The summed E-state index contributed by atoms with van der Waals surface area (Å²) in [5, 5.41) is 8.08. The first-order chi connectivity index (χ1) is 5.09. The van der Waals surface area contributed by atoms with Crippen LogP contribution in [0.1, 0.15) is 20.3 Å². The summed E-state index contributed by atoms with van der Waals surface area (Å²) in [6.45, 7) is 7.44. The molecule has 0 aliphatic carbocycles. The highest BCUT2D eigenvalue weighted by molar-refractivity contribution is 6.07. The Morgan fingerprint density at radius 1 is 1.64 bits per heavy atom. The lowest BCUT2D eigenvalue weighted by Gasteiger charge is -1.87. The summed E-state index contributed by atoms with van der Waals surface area (Å²) in [6, 6.07) is 0.